The summed E-state index contributed by atoms with van der Waals surface area (Å²) < 4.78 is 59.7. The summed E-state index contributed by atoms with van der Waals surface area (Å²) in [6, 6.07) is 24.6. The largest absolute Gasteiger partial charge is 0.493 e. The molecule has 0 radical (unpaired) electrons. The summed E-state index contributed by atoms with van der Waals surface area (Å²) in [5.41, 5.74) is 8.27. The van der Waals surface area contributed by atoms with Gasteiger partial charge < -0.3 is 23.7 Å². The first-order valence-corrected chi connectivity index (χ1v) is 20.9. The van der Waals surface area contributed by atoms with E-state index < -0.39 is 9.84 Å². The Balaban J connectivity index is 1.35. The number of ether oxygens (including phenoxy) is 5. The molecule has 5 aromatic carbocycles. The van der Waals surface area contributed by atoms with Gasteiger partial charge >= 0.3 is 0 Å². The second-order valence-electron chi connectivity index (χ2n) is 15.1. The average Bonchev–Trinajstić information content (AvgIpc) is 3.18. The molecule has 0 spiro atoms. The molecule has 4 aliphatic rings. The predicted molar refractivity (Wildman–Crippen MR) is 218 cm³/mol. The Morgan fingerprint density at radius 2 is 1.43 bits per heavy atom. The first kappa shape index (κ1) is 38.1. The van der Waals surface area contributed by atoms with Crippen LogP contribution in [-0.4, -0.2) is 66.7 Å². The molecule has 11 heteroatoms. The van der Waals surface area contributed by atoms with Crippen molar-refractivity contribution in [2.45, 2.75) is 55.3 Å². The molecule has 4 heterocycles. The van der Waals surface area contributed by atoms with Gasteiger partial charge in [0, 0.05) is 35.8 Å². The van der Waals surface area contributed by atoms with Crippen LogP contribution >= 0.6 is 11.6 Å². The molecule has 0 saturated heterocycles. The van der Waals surface area contributed by atoms with Gasteiger partial charge in [0.25, 0.3) is 0 Å². The first-order valence-electron chi connectivity index (χ1n) is 18.9. The zero-order valence-corrected chi connectivity index (χ0v) is 34.2. The highest BCUT2D eigenvalue weighted by molar-refractivity contribution is 7.90. The van der Waals surface area contributed by atoms with Crippen LogP contribution in [0, 0.1) is 6.92 Å². The number of aryl methyl sites for hydroxylation is 1. The van der Waals surface area contributed by atoms with E-state index in [2.05, 4.69) is 61.2 Å². The zero-order valence-electron chi connectivity index (χ0n) is 32.6. The Labute approximate surface area is 334 Å². The zero-order chi connectivity index (χ0) is 39.3. The maximum atomic E-state index is 14.0. The summed E-state index contributed by atoms with van der Waals surface area (Å²) in [6.45, 7) is 3.83. The number of halogens is 1. The lowest BCUT2D eigenvalue weighted by Gasteiger charge is -2.38. The Morgan fingerprint density at radius 1 is 0.732 bits per heavy atom. The highest BCUT2D eigenvalue weighted by Crippen LogP contribution is 2.51. The van der Waals surface area contributed by atoms with Gasteiger partial charge in [-0.05, 0) is 146 Å². The quantitative estimate of drug-likeness (QED) is 0.167. The maximum absolute atomic E-state index is 14.0. The van der Waals surface area contributed by atoms with Gasteiger partial charge in [0.05, 0.1) is 32.0 Å². The maximum Gasteiger partial charge on any atom is 0.204 e. The van der Waals surface area contributed by atoms with Gasteiger partial charge in [-0.25, -0.2) is 8.42 Å². The number of hydrogen-bond donors (Lipinski definition) is 0. The minimum Gasteiger partial charge on any atom is -0.493 e. The number of methoxy groups -OCH3 is 3. The van der Waals surface area contributed by atoms with Crippen molar-refractivity contribution < 1.29 is 32.1 Å². The minimum absolute atomic E-state index is 0.145. The van der Waals surface area contributed by atoms with Gasteiger partial charge in [0.2, 0.25) is 5.75 Å². The van der Waals surface area contributed by atoms with Gasteiger partial charge in [-0.1, -0.05) is 29.8 Å². The fourth-order valence-electron chi connectivity index (χ4n) is 8.49. The SMILES string of the molecule is COc1cc(CS(=O)(=O)c2ccc(Cl)cc2)c2cc1Oc1ccc(cc1)C[C@H]1c3cc(c(C)cc3CCN1C)Oc1c(OC)c(OC)cc3c1[C@H](C2)N(C)CC3. The van der Waals surface area contributed by atoms with E-state index >= 15 is 0 Å². The summed E-state index contributed by atoms with van der Waals surface area (Å²) in [7, 11) is 5.36. The van der Waals surface area contributed by atoms with Crippen molar-refractivity contribution in [2.24, 2.45) is 0 Å². The lowest BCUT2D eigenvalue weighted by Crippen LogP contribution is -2.34. The van der Waals surface area contributed by atoms with Crippen LogP contribution in [0.2, 0.25) is 5.02 Å². The predicted octanol–water partition coefficient (Wildman–Crippen LogP) is 9.09. The van der Waals surface area contributed by atoms with E-state index in [0.29, 0.717) is 51.5 Å². The van der Waals surface area contributed by atoms with Crippen LogP contribution in [0.1, 0.15) is 56.6 Å². The summed E-state index contributed by atoms with van der Waals surface area (Å²) in [6.07, 6.45) is 2.97. The molecule has 5 aromatic rings. The monoisotopic (exact) mass is 794 g/mol. The van der Waals surface area contributed by atoms with Gasteiger partial charge in [-0.3, -0.25) is 9.80 Å². The molecule has 292 valence electrons. The number of nitrogens with zero attached hydrogens (tertiary/aromatic N) is 2. The van der Waals surface area contributed by atoms with Crippen molar-refractivity contribution in [3.05, 3.63) is 128 Å². The highest BCUT2D eigenvalue weighted by Gasteiger charge is 2.35. The van der Waals surface area contributed by atoms with Crippen molar-refractivity contribution in [3.63, 3.8) is 0 Å². The van der Waals surface area contributed by atoms with Crippen molar-refractivity contribution in [1.29, 1.82) is 0 Å². The van der Waals surface area contributed by atoms with Crippen LogP contribution in [0.5, 0.6) is 40.2 Å². The lowest BCUT2D eigenvalue weighted by atomic mass is 9.86. The van der Waals surface area contributed by atoms with Gasteiger partial charge in [0.15, 0.2) is 32.8 Å². The van der Waals surface area contributed by atoms with Crippen LogP contribution < -0.4 is 23.7 Å². The molecule has 9 rings (SSSR count). The second kappa shape index (κ2) is 15.3. The Morgan fingerprint density at radius 3 is 2.12 bits per heavy atom. The lowest BCUT2D eigenvalue weighted by molar-refractivity contribution is 0.220. The summed E-state index contributed by atoms with van der Waals surface area (Å²) in [5, 5.41) is 0.466. The standard InChI is InChI=1S/C45H47ClN2O7S/c1-27-19-29-15-17-47(2)37-20-28-7-11-34(12-8-28)54-41-23-31(32(24-40(41)51-4)26-56(49,50)35-13-9-33(46)10-14-35)21-38-43-30(16-18-48(38)3)22-42(52-5)44(53-6)45(43)55-39(27)25-36(29)37/h7-14,19,22-25,37-38H,15-18,20-21,26H2,1-6H3/t37-,38-/m0/s1. The van der Waals surface area contributed by atoms with Crippen molar-refractivity contribution in [2.75, 3.05) is 48.5 Å². The third-order valence-corrected chi connectivity index (χ3v) is 13.6. The molecule has 0 unspecified atom stereocenters. The van der Waals surface area contributed by atoms with E-state index in [1.165, 1.54) is 16.7 Å². The first-order chi connectivity index (χ1) is 27.0. The molecule has 0 saturated carbocycles. The fourth-order valence-corrected chi connectivity index (χ4v) is 10.0. The molecule has 9 nitrogen and oxygen atoms in total. The molecule has 2 atom stereocenters. The second-order valence-corrected chi connectivity index (χ2v) is 17.5. The van der Waals surface area contributed by atoms with Crippen molar-refractivity contribution >= 4 is 21.4 Å². The Bertz CT molecular complexity index is 2400. The number of benzene rings is 5. The van der Waals surface area contributed by atoms with Crippen molar-refractivity contribution in [3.8, 4) is 40.2 Å². The smallest absolute Gasteiger partial charge is 0.204 e. The normalized spacial score (nSPS) is 18.2. The van der Waals surface area contributed by atoms with E-state index in [0.717, 1.165) is 60.4 Å². The van der Waals surface area contributed by atoms with Crippen LogP contribution in [0.3, 0.4) is 0 Å². The molecular weight excluding hydrogens is 748 g/mol. The van der Waals surface area contributed by atoms with Gasteiger partial charge in [-0.2, -0.15) is 0 Å². The molecule has 56 heavy (non-hydrogen) atoms. The number of fused-ring (bicyclic) bond motifs is 2. The topological polar surface area (TPSA) is 86.8 Å². The molecule has 0 aliphatic carbocycles. The van der Waals surface area contributed by atoms with E-state index in [9.17, 15) is 8.42 Å². The fraction of sp³-hybridized carbons (Fsp3) is 0.333. The van der Waals surface area contributed by atoms with Crippen LogP contribution in [0.4, 0.5) is 0 Å². The van der Waals surface area contributed by atoms with E-state index in [4.69, 9.17) is 35.3 Å². The third-order valence-electron chi connectivity index (χ3n) is 11.6. The summed E-state index contributed by atoms with van der Waals surface area (Å²) in [5.74, 6) is 3.80. The average molecular weight is 795 g/mol. The minimum atomic E-state index is -3.78. The molecular formula is C45H47ClN2O7S. The molecule has 0 aromatic heterocycles. The molecule has 0 amide bonds. The Kier molecular flexibility index (Phi) is 10.4. The van der Waals surface area contributed by atoms with Gasteiger partial charge in [0.1, 0.15) is 11.5 Å². The highest BCUT2D eigenvalue weighted by atomic mass is 35.5. The third kappa shape index (κ3) is 7.20. The summed E-state index contributed by atoms with van der Waals surface area (Å²) >= 11 is 6.14. The number of likely N-dealkylation sites (N-methyl/N-ethyl adjacent to an activating group) is 2. The van der Waals surface area contributed by atoms with Crippen LogP contribution in [-0.2, 0) is 41.3 Å². The van der Waals surface area contributed by atoms with E-state index in [-0.39, 0.29) is 22.7 Å². The van der Waals surface area contributed by atoms with E-state index in [1.807, 2.05) is 18.2 Å². The Hall–Kier alpha value is -4.74. The van der Waals surface area contributed by atoms with Crippen molar-refractivity contribution in [1.82, 2.24) is 9.80 Å². The van der Waals surface area contributed by atoms with Crippen LogP contribution in [0.15, 0.2) is 83.8 Å². The molecule has 0 N–H and O–H groups in total. The number of rotatable bonds is 6. The molecule has 6 bridgehead atoms. The number of sulfone groups is 1. The molecule has 0 fully saturated rings. The van der Waals surface area contributed by atoms with E-state index in [1.54, 1.807) is 51.7 Å². The molecule has 4 aliphatic heterocycles. The van der Waals surface area contributed by atoms with Crippen LogP contribution in [0.25, 0.3) is 0 Å². The summed E-state index contributed by atoms with van der Waals surface area (Å²) in [4.78, 5) is 4.91. The van der Waals surface area contributed by atoms with Gasteiger partial charge in [-0.15, -0.1) is 0 Å². The number of hydrogen-bond acceptors (Lipinski definition) is 9.